The van der Waals surface area contributed by atoms with Crippen molar-refractivity contribution in [1.29, 1.82) is 0 Å². The number of halogens is 2. The van der Waals surface area contributed by atoms with Crippen LogP contribution in [0, 0.1) is 0 Å². The molecule has 2 aromatic heterocycles. The molecule has 0 unspecified atom stereocenters. The van der Waals surface area contributed by atoms with Gasteiger partial charge in [-0.1, -0.05) is 30.1 Å². The van der Waals surface area contributed by atoms with Crippen LogP contribution in [-0.4, -0.2) is 15.3 Å². The van der Waals surface area contributed by atoms with Gasteiger partial charge in [-0.25, -0.2) is 0 Å². The van der Waals surface area contributed by atoms with E-state index in [4.69, 9.17) is 27.6 Å². The van der Waals surface area contributed by atoms with Crippen molar-refractivity contribution in [2.45, 2.75) is 19.9 Å². The van der Waals surface area contributed by atoms with Gasteiger partial charge >= 0.3 is 0 Å². The third-order valence-corrected chi connectivity index (χ3v) is 4.19. The van der Waals surface area contributed by atoms with E-state index in [9.17, 15) is 0 Å². The summed E-state index contributed by atoms with van der Waals surface area (Å²) < 4.78 is 14.3. The van der Waals surface area contributed by atoms with Crippen molar-refractivity contribution in [3.05, 3.63) is 34.0 Å². The number of aromatic nitrogens is 2. The number of hydrogen-bond acceptors (Lipinski definition) is 5. The summed E-state index contributed by atoms with van der Waals surface area (Å²) in [7, 11) is 0. The van der Waals surface area contributed by atoms with Gasteiger partial charge in [0.2, 0.25) is 0 Å². The van der Waals surface area contributed by atoms with Gasteiger partial charge in [0, 0.05) is 0 Å². The van der Waals surface area contributed by atoms with Gasteiger partial charge in [0.25, 0.3) is 0 Å². The molecule has 110 valence electrons. The fraction of sp³-hybridized carbons (Fsp3) is 0.286. The van der Waals surface area contributed by atoms with E-state index >= 15 is 0 Å². The maximum atomic E-state index is 6.31. The summed E-state index contributed by atoms with van der Waals surface area (Å²) in [6.07, 6.45) is 1.09. The molecule has 0 amide bonds. The molecule has 0 aliphatic carbocycles. The molecule has 0 spiro atoms. The standard InChI is InChI=1S/C14H13Cl2N3OS/c1-2-5-17-7-8-3-4-11(20-8)12-9(15)6-10(16)13-14(12)19-21-18-13/h3-4,6,17H,2,5,7H2,1H3. The van der Waals surface area contributed by atoms with Gasteiger partial charge in [-0.2, -0.15) is 8.75 Å². The van der Waals surface area contributed by atoms with Crippen LogP contribution < -0.4 is 5.32 Å². The molecule has 0 saturated heterocycles. The molecule has 2 heterocycles. The Balaban J connectivity index is 1.99. The van der Waals surface area contributed by atoms with Crippen molar-refractivity contribution >= 4 is 46.0 Å². The average Bonchev–Trinajstić information content (AvgIpc) is 3.09. The van der Waals surface area contributed by atoms with Crippen molar-refractivity contribution in [3.8, 4) is 11.3 Å². The van der Waals surface area contributed by atoms with Crippen LogP contribution in [0.15, 0.2) is 22.6 Å². The quantitative estimate of drug-likeness (QED) is 0.680. The van der Waals surface area contributed by atoms with Crippen molar-refractivity contribution < 1.29 is 4.42 Å². The van der Waals surface area contributed by atoms with E-state index in [2.05, 4.69) is 21.0 Å². The number of fused-ring (bicyclic) bond motifs is 1. The summed E-state index contributed by atoms with van der Waals surface area (Å²) in [5, 5.41) is 4.32. The minimum Gasteiger partial charge on any atom is -0.460 e. The van der Waals surface area contributed by atoms with Gasteiger partial charge in [-0.05, 0) is 31.2 Å². The Kier molecular flexibility index (Phi) is 4.45. The highest BCUT2D eigenvalue weighted by atomic mass is 35.5. The monoisotopic (exact) mass is 341 g/mol. The SMILES string of the molecule is CCCNCc1ccc(-c2c(Cl)cc(Cl)c3nsnc23)o1. The second kappa shape index (κ2) is 6.32. The molecule has 1 aromatic carbocycles. The molecule has 0 bridgehead atoms. The zero-order valence-electron chi connectivity index (χ0n) is 11.3. The number of rotatable bonds is 5. The molecule has 1 N–H and O–H groups in total. The molecule has 21 heavy (non-hydrogen) atoms. The first-order chi connectivity index (χ1) is 10.2. The van der Waals surface area contributed by atoms with Crippen LogP contribution >= 0.6 is 34.9 Å². The van der Waals surface area contributed by atoms with Crippen LogP contribution in [0.5, 0.6) is 0 Å². The van der Waals surface area contributed by atoms with Crippen molar-refractivity contribution in [2.75, 3.05) is 6.54 Å². The summed E-state index contributed by atoms with van der Waals surface area (Å²) in [5.41, 5.74) is 2.08. The zero-order valence-corrected chi connectivity index (χ0v) is 13.6. The maximum absolute atomic E-state index is 6.31. The van der Waals surface area contributed by atoms with E-state index in [1.165, 1.54) is 0 Å². The van der Waals surface area contributed by atoms with E-state index in [0.717, 1.165) is 36.0 Å². The van der Waals surface area contributed by atoms with Gasteiger partial charge in [0.1, 0.15) is 22.6 Å². The molecule has 0 fully saturated rings. The summed E-state index contributed by atoms with van der Waals surface area (Å²) >= 11 is 13.6. The number of furan rings is 1. The third kappa shape index (κ3) is 2.92. The highest BCUT2D eigenvalue weighted by molar-refractivity contribution is 7.00. The van der Waals surface area contributed by atoms with Gasteiger partial charge in [0.05, 0.1) is 33.9 Å². The topological polar surface area (TPSA) is 51.0 Å². The Hall–Kier alpha value is -1.14. The number of nitrogens with one attached hydrogen (secondary N) is 1. The molecular formula is C14H13Cl2N3OS. The first-order valence-corrected chi connectivity index (χ1v) is 8.09. The van der Waals surface area contributed by atoms with Crippen LogP contribution in [0.4, 0.5) is 0 Å². The fourth-order valence-electron chi connectivity index (χ4n) is 2.10. The minimum absolute atomic E-state index is 0.504. The summed E-state index contributed by atoms with van der Waals surface area (Å²) in [6, 6.07) is 5.52. The van der Waals surface area contributed by atoms with Crippen molar-refractivity contribution in [3.63, 3.8) is 0 Å². The summed E-state index contributed by atoms with van der Waals surface area (Å²) in [4.78, 5) is 0. The molecule has 7 heteroatoms. The minimum atomic E-state index is 0.504. The molecule has 3 aromatic rings. The normalized spacial score (nSPS) is 11.4. The lowest BCUT2D eigenvalue weighted by Gasteiger charge is -2.03. The first-order valence-electron chi connectivity index (χ1n) is 6.60. The second-order valence-corrected chi connectivity index (χ2v) is 5.96. The average molecular weight is 342 g/mol. The third-order valence-electron chi connectivity index (χ3n) is 3.08. The predicted molar refractivity (Wildman–Crippen MR) is 87.1 cm³/mol. The van der Waals surface area contributed by atoms with Crippen LogP contribution in [0.25, 0.3) is 22.4 Å². The number of benzene rings is 1. The first kappa shape index (κ1) is 14.8. The lowest BCUT2D eigenvalue weighted by Crippen LogP contribution is -2.12. The Morgan fingerprint density at radius 3 is 2.81 bits per heavy atom. The van der Waals surface area contributed by atoms with E-state index in [-0.39, 0.29) is 0 Å². The Morgan fingerprint density at radius 1 is 1.19 bits per heavy atom. The number of hydrogen-bond donors (Lipinski definition) is 1. The molecular weight excluding hydrogens is 329 g/mol. The van der Waals surface area contributed by atoms with Crippen molar-refractivity contribution in [1.82, 2.24) is 14.1 Å². The van der Waals surface area contributed by atoms with E-state index in [1.54, 1.807) is 6.07 Å². The van der Waals surface area contributed by atoms with Gasteiger partial charge in [0.15, 0.2) is 0 Å². The van der Waals surface area contributed by atoms with Crippen LogP contribution in [-0.2, 0) is 6.54 Å². The Bertz CT molecular complexity index is 769. The van der Waals surface area contributed by atoms with Crippen molar-refractivity contribution in [2.24, 2.45) is 0 Å². The molecule has 3 rings (SSSR count). The van der Waals surface area contributed by atoms with Gasteiger partial charge in [-0.15, -0.1) is 0 Å². The molecule has 0 radical (unpaired) electrons. The lowest BCUT2D eigenvalue weighted by molar-refractivity contribution is 0.494. The van der Waals surface area contributed by atoms with Crippen LogP contribution in [0.2, 0.25) is 10.0 Å². The lowest BCUT2D eigenvalue weighted by atomic mass is 10.1. The summed E-state index contributed by atoms with van der Waals surface area (Å²) in [5.74, 6) is 1.54. The van der Waals surface area contributed by atoms with Crippen LogP contribution in [0.3, 0.4) is 0 Å². The summed E-state index contributed by atoms with van der Waals surface area (Å²) in [6.45, 7) is 3.77. The number of nitrogens with zero attached hydrogens (tertiary/aromatic N) is 2. The van der Waals surface area contributed by atoms with Gasteiger partial charge < -0.3 is 9.73 Å². The molecule has 0 aliphatic rings. The zero-order chi connectivity index (χ0) is 14.8. The molecule has 0 aliphatic heterocycles. The largest absolute Gasteiger partial charge is 0.460 e. The molecule has 4 nitrogen and oxygen atoms in total. The second-order valence-electron chi connectivity index (χ2n) is 4.62. The van der Waals surface area contributed by atoms with E-state index in [1.807, 2.05) is 12.1 Å². The van der Waals surface area contributed by atoms with Gasteiger partial charge in [-0.3, -0.25) is 0 Å². The maximum Gasteiger partial charge on any atom is 0.138 e. The Morgan fingerprint density at radius 2 is 2.00 bits per heavy atom. The highest BCUT2D eigenvalue weighted by Crippen LogP contribution is 2.38. The predicted octanol–water partition coefficient (Wildman–Crippen LogP) is 4.76. The smallest absolute Gasteiger partial charge is 0.138 e. The van der Waals surface area contributed by atoms with E-state index < -0.39 is 0 Å². The molecule has 0 atom stereocenters. The Labute approximate surface area is 136 Å². The fourth-order valence-corrected chi connectivity index (χ4v) is 3.31. The van der Waals surface area contributed by atoms with E-state index in [0.29, 0.717) is 33.4 Å². The highest BCUT2D eigenvalue weighted by Gasteiger charge is 2.18. The molecule has 0 saturated carbocycles. The van der Waals surface area contributed by atoms with Crippen LogP contribution in [0.1, 0.15) is 19.1 Å².